The molecule has 0 saturated carbocycles. The van der Waals surface area contributed by atoms with Gasteiger partial charge in [-0.1, -0.05) is 48.5 Å². The van der Waals surface area contributed by atoms with Crippen LogP contribution in [0.2, 0.25) is 0 Å². The van der Waals surface area contributed by atoms with Gasteiger partial charge in [-0.15, -0.1) is 0 Å². The van der Waals surface area contributed by atoms with Crippen LogP contribution in [0.25, 0.3) is 55.0 Å². The second kappa shape index (κ2) is 7.60. The molecule has 2 heterocycles. The minimum atomic E-state index is 1.21. The third kappa shape index (κ3) is 2.85. The Morgan fingerprint density at radius 1 is 0.389 bits per heavy atom. The molecule has 36 heavy (non-hydrogen) atoms. The van der Waals surface area contributed by atoms with Crippen molar-refractivity contribution < 1.29 is 0 Å². The summed E-state index contributed by atoms with van der Waals surface area (Å²) in [7, 11) is 0. The Morgan fingerprint density at radius 3 is 1.22 bits per heavy atom. The molecule has 0 aliphatic carbocycles. The predicted molar refractivity (Wildman–Crippen MR) is 154 cm³/mol. The van der Waals surface area contributed by atoms with Crippen LogP contribution in [-0.2, 0) is 0 Å². The molecular weight excluding hydrogens is 436 g/mol. The van der Waals surface area contributed by atoms with Gasteiger partial charge in [-0.2, -0.15) is 0 Å². The fraction of sp³-hybridized carbons (Fsp3) is 0.118. The van der Waals surface area contributed by atoms with E-state index in [1.807, 2.05) is 0 Å². The van der Waals surface area contributed by atoms with E-state index in [2.05, 4.69) is 134 Å². The summed E-state index contributed by atoms with van der Waals surface area (Å²) >= 11 is 0. The van der Waals surface area contributed by atoms with Crippen molar-refractivity contribution in [2.24, 2.45) is 0 Å². The highest BCUT2D eigenvalue weighted by Crippen LogP contribution is 2.42. The Hall–Kier alpha value is -4.30. The van der Waals surface area contributed by atoms with Gasteiger partial charge in [0.2, 0.25) is 0 Å². The summed E-state index contributed by atoms with van der Waals surface area (Å²) in [4.78, 5) is 0. The normalized spacial score (nSPS) is 11.9. The highest BCUT2D eigenvalue weighted by atomic mass is 15.0. The fourth-order valence-electron chi connectivity index (χ4n) is 5.80. The van der Waals surface area contributed by atoms with E-state index in [4.69, 9.17) is 0 Å². The molecule has 5 aromatic carbocycles. The Kier molecular flexibility index (Phi) is 4.44. The van der Waals surface area contributed by atoms with Gasteiger partial charge in [-0.05, 0) is 98.5 Å². The van der Waals surface area contributed by atoms with Gasteiger partial charge < -0.3 is 9.13 Å². The van der Waals surface area contributed by atoms with Gasteiger partial charge in [0.15, 0.2) is 0 Å². The largest absolute Gasteiger partial charge is 0.309 e. The van der Waals surface area contributed by atoms with Crippen LogP contribution in [0.4, 0.5) is 0 Å². The molecule has 7 rings (SSSR count). The van der Waals surface area contributed by atoms with Gasteiger partial charge in [-0.3, -0.25) is 0 Å². The van der Waals surface area contributed by atoms with E-state index >= 15 is 0 Å². The molecule has 174 valence electrons. The molecule has 0 radical (unpaired) electrons. The molecule has 0 unspecified atom stereocenters. The van der Waals surface area contributed by atoms with Gasteiger partial charge in [0, 0.05) is 32.9 Å². The number of fused-ring (bicyclic) bond motifs is 7. The molecular formula is C34H28N2. The summed E-state index contributed by atoms with van der Waals surface area (Å²) < 4.78 is 4.86. The second-order valence-electron chi connectivity index (χ2n) is 10.1. The minimum Gasteiger partial charge on any atom is -0.309 e. The lowest BCUT2D eigenvalue weighted by Gasteiger charge is -2.11. The van der Waals surface area contributed by atoms with Crippen molar-refractivity contribution in [3.05, 3.63) is 119 Å². The molecule has 2 heteroatoms. The number of para-hydroxylation sites is 2. The number of aromatic nitrogens is 2. The summed E-state index contributed by atoms with van der Waals surface area (Å²) in [6.45, 7) is 8.75. The van der Waals surface area contributed by atoms with Gasteiger partial charge >= 0.3 is 0 Å². The average Bonchev–Trinajstić information content (AvgIpc) is 3.40. The Labute approximate surface area is 211 Å². The van der Waals surface area contributed by atoms with E-state index < -0.39 is 0 Å². The number of hydrogen-bond donors (Lipinski definition) is 0. The van der Waals surface area contributed by atoms with Crippen LogP contribution < -0.4 is 0 Å². The van der Waals surface area contributed by atoms with Gasteiger partial charge in [-0.25, -0.2) is 0 Å². The maximum absolute atomic E-state index is 2.43. The van der Waals surface area contributed by atoms with Gasteiger partial charge in [0.25, 0.3) is 0 Å². The molecule has 2 aromatic heterocycles. The molecule has 7 aromatic rings. The topological polar surface area (TPSA) is 9.86 Å². The van der Waals surface area contributed by atoms with Crippen LogP contribution in [0.3, 0.4) is 0 Å². The minimum absolute atomic E-state index is 1.21. The van der Waals surface area contributed by atoms with Crippen LogP contribution in [0.5, 0.6) is 0 Å². The number of nitrogens with zero attached hydrogens (tertiary/aromatic N) is 2. The van der Waals surface area contributed by atoms with Crippen molar-refractivity contribution >= 4 is 43.6 Å². The van der Waals surface area contributed by atoms with E-state index in [9.17, 15) is 0 Å². The Morgan fingerprint density at radius 2 is 0.806 bits per heavy atom. The summed E-state index contributed by atoms with van der Waals surface area (Å²) in [6.07, 6.45) is 0. The summed E-state index contributed by atoms with van der Waals surface area (Å²) in [5, 5.41) is 5.22. The third-order valence-electron chi connectivity index (χ3n) is 7.97. The van der Waals surface area contributed by atoms with E-state index in [0.29, 0.717) is 0 Å². The predicted octanol–water partition coefficient (Wildman–Crippen LogP) is 9.11. The van der Waals surface area contributed by atoms with Crippen molar-refractivity contribution in [2.45, 2.75) is 27.7 Å². The van der Waals surface area contributed by atoms with Crippen LogP contribution in [0.1, 0.15) is 22.3 Å². The van der Waals surface area contributed by atoms with E-state index in [0.717, 1.165) is 0 Å². The molecule has 0 N–H and O–H groups in total. The number of hydrogen-bond acceptors (Lipinski definition) is 0. The van der Waals surface area contributed by atoms with Crippen molar-refractivity contribution in [3.8, 4) is 11.4 Å². The highest BCUT2D eigenvalue weighted by molar-refractivity contribution is 6.28. The molecule has 0 bridgehead atoms. The van der Waals surface area contributed by atoms with Crippen LogP contribution in [-0.4, -0.2) is 9.13 Å². The molecule has 0 fully saturated rings. The zero-order valence-electron chi connectivity index (χ0n) is 21.1. The maximum atomic E-state index is 2.43. The monoisotopic (exact) mass is 464 g/mol. The van der Waals surface area contributed by atoms with Crippen LogP contribution >= 0.6 is 0 Å². The Bertz CT molecular complexity index is 1840. The molecule has 0 spiro atoms. The zero-order chi connectivity index (χ0) is 24.6. The van der Waals surface area contributed by atoms with E-state index in [-0.39, 0.29) is 0 Å². The zero-order valence-corrected chi connectivity index (χ0v) is 21.1. The first-order chi connectivity index (χ1) is 17.5. The summed E-state index contributed by atoms with van der Waals surface area (Å²) in [5.41, 5.74) is 12.7. The van der Waals surface area contributed by atoms with Crippen molar-refractivity contribution in [3.63, 3.8) is 0 Å². The fourth-order valence-corrected chi connectivity index (χ4v) is 5.80. The maximum Gasteiger partial charge on any atom is 0.0548 e. The van der Waals surface area contributed by atoms with E-state index in [1.165, 1.54) is 77.2 Å². The van der Waals surface area contributed by atoms with E-state index in [1.54, 1.807) is 0 Å². The van der Waals surface area contributed by atoms with Gasteiger partial charge in [0.05, 0.1) is 22.1 Å². The lowest BCUT2D eigenvalue weighted by atomic mass is 10.1. The number of benzene rings is 5. The summed E-state index contributed by atoms with van der Waals surface area (Å²) in [6, 6.07) is 35.9. The molecule has 0 atom stereocenters. The first-order valence-corrected chi connectivity index (χ1v) is 12.6. The SMILES string of the molecule is Cc1ccc(-n2c3ccccc3c3c4c5ccccc5n(-c5ccc(C)c(C)c5)c4ccc32)cc1C. The smallest absolute Gasteiger partial charge is 0.0548 e. The van der Waals surface area contributed by atoms with Crippen LogP contribution in [0, 0.1) is 27.7 Å². The first kappa shape index (κ1) is 21.0. The summed E-state index contributed by atoms with van der Waals surface area (Å²) in [5.74, 6) is 0. The number of aryl methyl sites for hydroxylation is 4. The molecule has 0 saturated heterocycles. The second-order valence-corrected chi connectivity index (χ2v) is 10.1. The molecule has 0 aliphatic rings. The molecule has 0 aliphatic heterocycles. The van der Waals surface area contributed by atoms with Crippen LogP contribution in [0.15, 0.2) is 97.1 Å². The standard InChI is InChI=1S/C34H28N2/c1-21-13-15-25(19-23(21)3)35-29-11-7-5-9-27(29)33-31(35)17-18-32-34(33)28-10-6-8-12-30(28)36(32)26-16-14-22(2)24(4)20-26/h5-20H,1-4H3. The lowest BCUT2D eigenvalue weighted by molar-refractivity contribution is 1.15. The lowest BCUT2D eigenvalue weighted by Crippen LogP contribution is -1.96. The number of rotatable bonds is 2. The Balaban J connectivity index is 1.68. The van der Waals surface area contributed by atoms with Gasteiger partial charge in [0.1, 0.15) is 0 Å². The first-order valence-electron chi connectivity index (χ1n) is 12.6. The van der Waals surface area contributed by atoms with Crippen molar-refractivity contribution in [2.75, 3.05) is 0 Å². The van der Waals surface area contributed by atoms with Crippen molar-refractivity contribution in [1.29, 1.82) is 0 Å². The third-order valence-corrected chi connectivity index (χ3v) is 7.97. The highest BCUT2D eigenvalue weighted by Gasteiger charge is 2.20. The average molecular weight is 465 g/mol. The molecule has 2 nitrogen and oxygen atoms in total. The van der Waals surface area contributed by atoms with Crippen molar-refractivity contribution in [1.82, 2.24) is 9.13 Å². The quantitative estimate of drug-likeness (QED) is 0.241. The molecule has 0 amide bonds.